The quantitative estimate of drug-likeness (QED) is 0.659. The second-order valence-corrected chi connectivity index (χ2v) is 7.07. The van der Waals surface area contributed by atoms with Crippen LogP contribution in [-0.2, 0) is 6.54 Å². The number of rotatable bonds is 6. The average molecular weight is 301 g/mol. The van der Waals surface area contributed by atoms with E-state index >= 15 is 0 Å². The maximum atomic E-state index is 12.1. The molecule has 22 heavy (non-hydrogen) atoms. The first-order valence-corrected chi connectivity index (χ1v) is 7.67. The summed E-state index contributed by atoms with van der Waals surface area (Å²) < 4.78 is 0.372. The highest BCUT2D eigenvalue weighted by atomic mass is 16.2. The van der Waals surface area contributed by atoms with Gasteiger partial charge in [0.2, 0.25) is 5.69 Å². The lowest BCUT2D eigenvalue weighted by Gasteiger charge is -2.34. The number of nitrogens with zero attached hydrogens (tertiary/aromatic N) is 1. The smallest absolute Gasteiger partial charge is 0.290 e. The Labute approximate surface area is 131 Å². The fourth-order valence-corrected chi connectivity index (χ4v) is 2.62. The van der Waals surface area contributed by atoms with Gasteiger partial charge in [0.05, 0.1) is 14.1 Å². The van der Waals surface area contributed by atoms with E-state index in [1.807, 2.05) is 58.3 Å². The lowest BCUT2D eigenvalue weighted by atomic mass is 9.99. The van der Waals surface area contributed by atoms with Gasteiger partial charge >= 0.3 is 0 Å². The number of benzene rings is 1. The van der Waals surface area contributed by atoms with E-state index < -0.39 is 5.43 Å². The average Bonchev–Trinajstić information content (AvgIpc) is 2.46. The molecule has 0 fully saturated rings. The molecule has 0 aromatic heterocycles. The molecule has 2 rings (SSSR count). The van der Waals surface area contributed by atoms with Crippen molar-refractivity contribution in [3.8, 4) is 0 Å². The minimum absolute atomic E-state index is 0.205. The van der Waals surface area contributed by atoms with Gasteiger partial charge in [-0.2, -0.15) is 0 Å². The fourth-order valence-electron chi connectivity index (χ4n) is 2.62. The van der Waals surface area contributed by atoms with Crippen LogP contribution in [0.15, 0.2) is 39.9 Å². The summed E-state index contributed by atoms with van der Waals surface area (Å²) >= 11 is 0. The van der Waals surface area contributed by atoms with Crippen molar-refractivity contribution in [1.29, 1.82) is 0 Å². The summed E-state index contributed by atoms with van der Waals surface area (Å²) in [5.41, 5.74) is 1.24. The predicted octanol–water partition coefficient (Wildman–Crippen LogP) is 2.65. The number of quaternary nitrogens is 1. The van der Waals surface area contributed by atoms with Crippen LogP contribution >= 0.6 is 0 Å². The van der Waals surface area contributed by atoms with Gasteiger partial charge < -0.3 is 5.32 Å². The van der Waals surface area contributed by atoms with Gasteiger partial charge in [0.25, 0.3) is 10.9 Å². The zero-order chi connectivity index (χ0) is 16.5. The Kier molecular flexibility index (Phi) is 4.25. The lowest BCUT2D eigenvalue weighted by Crippen LogP contribution is -2.52. The van der Waals surface area contributed by atoms with E-state index in [1.54, 1.807) is 0 Å². The second-order valence-electron chi connectivity index (χ2n) is 7.07. The van der Waals surface area contributed by atoms with E-state index in [2.05, 4.69) is 12.2 Å². The highest BCUT2D eigenvalue weighted by Crippen LogP contribution is 2.29. The maximum Gasteiger partial charge on any atom is 0.290 e. The Morgan fingerprint density at radius 3 is 2.18 bits per heavy atom. The first-order chi connectivity index (χ1) is 10.2. The van der Waals surface area contributed by atoms with Crippen molar-refractivity contribution in [2.45, 2.75) is 39.3 Å². The molecule has 0 aliphatic rings. The first-order valence-electron chi connectivity index (χ1n) is 7.67. The zero-order valence-corrected chi connectivity index (χ0v) is 14.1. The molecule has 0 aliphatic carbocycles. The SMILES string of the molecule is CCC(C)(C)Nc1c([N+](C)(C)Cc2ccccc2)c(=O)c1=O. The summed E-state index contributed by atoms with van der Waals surface area (Å²) in [5, 5.41) is 3.26. The van der Waals surface area contributed by atoms with E-state index in [4.69, 9.17) is 0 Å². The van der Waals surface area contributed by atoms with Crippen molar-refractivity contribution < 1.29 is 0 Å². The molecule has 2 aromatic rings. The molecule has 0 aliphatic heterocycles. The Morgan fingerprint density at radius 1 is 1.05 bits per heavy atom. The van der Waals surface area contributed by atoms with Gasteiger partial charge in [0, 0.05) is 11.1 Å². The van der Waals surface area contributed by atoms with Gasteiger partial charge in [-0.05, 0) is 20.3 Å². The molecule has 0 radical (unpaired) electrons. The van der Waals surface area contributed by atoms with Crippen molar-refractivity contribution in [1.82, 2.24) is 4.48 Å². The van der Waals surface area contributed by atoms with Gasteiger partial charge in [0.15, 0.2) is 5.69 Å². The van der Waals surface area contributed by atoms with Gasteiger partial charge in [0.1, 0.15) is 6.54 Å². The minimum atomic E-state index is -0.393. The molecule has 0 heterocycles. The predicted molar refractivity (Wildman–Crippen MR) is 93.1 cm³/mol. The molecular formula is C18H25N2O2+. The van der Waals surface area contributed by atoms with Crippen LogP contribution in [0.2, 0.25) is 0 Å². The number of hydrogen-bond donors (Lipinski definition) is 1. The molecule has 4 heteroatoms. The van der Waals surface area contributed by atoms with Crippen molar-refractivity contribution in [3.63, 3.8) is 0 Å². The highest BCUT2D eigenvalue weighted by Gasteiger charge is 2.37. The molecule has 0 spiro atoms. The minimum Gasteiger partial charge on any atom is -0.372 e. The second kappa shape index (κ2) is 5.69. The summed E-state index contributed by atoms with van der Waals surface area (Å²) in [6.45, 7) is 6.80. The standard InChI is InChI=1S/C18H24N2O2/c1-6-18(2,3)19-14-15(17(22)16(14)21)20(4,5)12-13-10-8-7-9-11-13/h7-11H,6,12H2,1-5H3/p+1. The molecule has 118 valence electrons. The van der Waals surface area contributed by atoms with Crippen LogP contribution in [-0.4, -0.2) is 19.6 Å². The van der Waals surface area contributed by atoms with E-state index in [1.165, 1.54) is 0 Å². The van der Waals surface area contributed by atoms with E-state index in [-0.39, 0.29) is 11.0 Å². The third-order valence-electron chi connectivity index (χ3n) is 4.26. The third-order valence-corrected chi connectivity index (χ3v) is 4.26. The number of nitrogens with one attached hydrogen (secondary N) is 1. The molecule has 1 N–H and O–H groups in total. The van der Waals surface area contributed by atoms with Crippen LogP contribution in [0.5, 0.6) is 0 Å². The monoisotopic (exact) mass is 301 g/mol. The highest BCUT2D eigenvalue weighted by molar-refractivity contribution is 5.73. The molecule has 4 nitrogen and oxygen atoms in total. The molecule has 0 saturated heterocycles. The molecule has 0 atom stereocenters. The Balaban J connectivity index is 2.34. The van der Waals surface area contributed by atoms with Crippen LogP contribution in [0.3, 0.4) is 0 Å². The van der Waals surface area contributed by atoms with Crippen LogP contribution in [0.25, 0.3) is 0 Å². The first kappa shape index (κ1) is 16.4. The normalized spacial score (nSPS) is 12.6. The third kappa shape index (κ3) is 3.12. The molecule has 0 unspecified atom stereocenters. The van der Waals surface area contributed by atoms with Crippen LogP contribution in [0.4, 0.5) is 11.4 Å². The van der Waals surface area contributed by atoms with E-state index in [0.29, 0.717) is 22.4 Å². The van der Waals surface area contributed by atoms with E-state index in [0.717, 1.165) is 12.0 Å². The largest absolute Gasteiger partial charge is 0.372 e. The van der Waals surface area contributed by atoms with E-state index in [9.17, 15) is 9.59 Å². The van der Waals surface area contributed by atoms with Crippen LogP contribution in [0, 0.1) is 0 Å². The summed E-state index contributed by atoms with van der Waals surface area (Å²) in [4.78, 5) is 24.1. The molecule has 0 bridgehead atoms. The summed E-state index contributed by atoms with van der Waals surface area (Å²) in [5.74, 6) is 0. The number of hydrogen-bond acceptors (Lipinski definition) is 3. The Hall–Kier alpha value is -1.94. The van der Waals surface area contributed by atoms with Crippen LogP contribution < -0.4 is 20.7 Å². The molecule has 0 amide bonds. The number of anilines is 1. The molecule has 0 saturated carbocycles. The molecular weight excluding hydrogens is 276 g/mol. The van der Waals surface area contributed by atoms with Crippen molar-refractivity contribution in [2.75, 3.05) is 19.4 Å². The molecule has 2 aromatic carbocycles. The van der Waals surface area contributed by atoms with Gasteiger partial charge in [-0.3, -0.25) is 14.1 Å². The Morgan fingerprint density at radius 2 is 1.64 bits per heavy atom. The zero-order valence-electron chi connectivity index (χ0n) is 14.1. The van der Waals surface area contributed by atoms with Crippen LogP contribution in [0.1, 0.15) is 32.8 Å². The van der Waals surface area contributed by atoms with Crippen molar-refractivity contribution in [2.24, 2.45) is 0 Å². The van der Waals surface area contributed by atoms with Gasteiger partial charge in [-0.15, -0.1) is 0 Å². The van der Waals surface area contributed by atoms with Gasteiger partial charge in [-0.1, -0.05) is 37.3 Å². The van der Waals surface area contributed by atoms with Crippen molar-refractivity contribution in [3.05, 3.63) is 56.3 Å². The van der Waals surface area contributed by atoms with Crippen molar-refractivity contribution >= 4 is 11.4 Å². The fraction of sp³-hybridized carbons (Fsp3) is 0.444. The summed E-state index contributed by atoms with van der Waals surface area (Å²) in [6, 6.07) is 10.0. The summed E-state index contributed by atoms with van der Waals surface area (Å²) in [7, 11) is 3.93. The lowest BCUT2D eigenvalue weighted by molar-refractivity contribution is 0.386. The summed E-state index contributed by atoms with van der Waals surface area (Å²) in [6.07, 6.45) is 0.872. The Bertz CT molecular complexity index is 723. The van der Waals surface area contributed by atoms with Gasteiger partial charge in [-0.25, -0.2) is 0 Å². The topological polar surface area (TPSA) is 46.2 Å². The maximum absolute atomic E-state index is 12.1.